The second kappa shape index (κ2) is 10.5. The summed E-state index contributed by atoms with van der Waals surface area (Å²) in [5.41, 5.74) is 0.897. The van der Waals surface area contributed by atoms with E-state index >= 15 is 0 Å². The van der Waals surface area contributed by atoms with Gasteiger partial charge in [0.25, 0.3) is 0 Å². The average Bonchev–Trinajstić information content (AvgIpc) is 3.08. The van der Waals surface area contributed by atoms with Crippen LogP contribution in [0.2, 0.25) is 0 Å². The fourth-order valence-electron chi connectivity index (χ4n) is 2.13. The first-order chi connectivity index (χ1) is 11.9. The molecule has 0 fully saturated rings. The van der Waals surface area contributed by atoms with Crippen molar-refractivity contribution < 1.29 is 12.9 Å². The molecule has 2 rings (SSSR count). The van der Waals surface area contributed by atoms with Crippen molar-refractivity contribution in [1.29, 1.82) is 0 Å². The van der Waals surface area contributed by atoms with Gasteiger partial charge in [-0.25, -0.2) is 8.42 Å². The molecular formula is C17H25IN4O3S. The zero-order chi connectivity index (χ0) is 18.3. The van der Waals surface area contributed by atoms with Crippen LogP contribution in [0.5, 0.6) is 0 Å². The van der Waals surface area contributed by atoms with Crippen LogP contribution in [0, 0.1) is 0 Å². The maximum atomic E-state index is 12.2. The van der Waals surface area contributed by atoms with Gasteiger partial charge in [0.2, 0.25) is 0 Å². The van der Waals surface area contributed by atoms with Crippen molar-refractivity contribution in [2.24, 2.45) is 4.99 Å². The summed E-state index contributed by atoms with van der Waals surface area (Å²) in [4.78, 5) is 4.40. The first kappa shape index (κ1) is 22.4. The molecule has 9 heteroatoms. The van der Waals surface area contributed by atoms with E-state index < -0.39 is 9.84 Å². The highest BCUT2D eigenvalue weighted by atomic mass is 127. The van der Waals surface area contributed by atoms with Crippen LogP contribution >= 0.6 is 24.0 Å². The minimum Gasteiger partial charge on any atom is -0.359 e. The van der Waals surface area contributed by atoms with Gasteiger partial charge >= 0.3 is 0 Å². The Labute approximate surface area is 171 Å². The van der Waals surface area contributed by atoms with Gasteiger partial charge in [-0.05, 0) is 18.1 Å². The van der Waals surface area contributed by atoms with Crippen LogP contribution in [0.4, 0.5) is 0 Å². The van der Waals surface area contributed by atoms with Crippen LogP contribution in [-0.4, -0.2) is 38.9 Å². The predicted molar refractivity (Wildman–Crippen MR) is 113 cm³/mol. The molecule has 0 spiro atoms. The van der Waals surface area contributed by atoms with Crippen LogP contribution in [0.25, 0.3) is 0 Å². The van der Waals surface area contributed by atoms with E-state index in [0.717, 1.165) is 5.69 Å². The lowest BCUT2D eigenvalue weighted by molar-refractivity contribution is 0.372. The number of aromatic nitrogens is 1. The second-order valence-corrected chi connectivity index (χ2v) is 7.97. The van der Waals surface area contributed by atoms with E-state index in [4.69, 9.17) is 4.52 Å². The average molecular weight is 492 g/mol. The molecule has 1 aromatic heterocycles. The van der Waals surface area contributed by atoms with E-state index in [9.17, 15) is 8.42 Å². The molecule has 2 aromatic rings. The highest BCUT2D eigenvalue weighted by Crippen LogP contribution is 2.13. The highest BCUT2D eigenvalue weighted by Gasteiger charge is 2.14. The van der Waals surface area contributed by atoms with Gasteiger partial charge in [-0.2, -0.15) is 0 Å². The first-order valence-electron chi connectivity index (χ1n) is 8.10. The van der Waals surface area contributed by atoms with Crippen molar-refractivity contribution in [3.8, 4) is 0 Å². The third-order valence-corrected chi connectivity index (χ3v) is 5.32. The van der Waals surface area contributed by atoms with E-state index in [1.807, 2.05) is 19.9 Å². The Kier molecular flexibility index (Phi) is 9.06. The zero-order valence-corrected chi connectivity index (χ0v) is 18.2. The minimum atomic E-state index is -3.31. The van der Waals surface area contributed by atoms with Crippen LogP contribution < -0.4 is 10.6 Å². The SMILES string of the molecule is CN=C(NCCS(=O)(=O)c1ccccc1)NCc1cc(C(C)C)no1.I. The van der Waals surface area contributed by atoms with Gasteiger partial charge in [-0.3, -0.25) is 4.99 Å². The quantitative estimate of drug-likeness (QED) is 0.351. The third-order valence-electron chi connectivity index (χ3n) is 3.59. The van der Waals surface area contributed by atoms with Crippen molar-refractivity contribution in [1.82, 2.24) is 15.8 Å². The molecule has 26 heavy (non-hydrogen) atoms. The number of benzene rings is 1. The summed E-state index contributed by atoms with van der Waals surface area (Å²) in [7, 11) is -1.69. The van der Waals surface area contributed by atoms with Crippen molar-refractivity contribution in [3.05, 3.63) is 47.9 Å². The smallest absolute Gasteiger partial charge is 0.191 e. The topological polar surface area (TPSA) is 96.6 Å². The van der Waals surface area contributed by atoms with Crippen LogP contribution in [0.15, 0.2) is 50.8 Å². The summed E-state index contributed by atoms with van der Waals surface area (Å²) in [5.74, 6) is 1.49. The lowest BCUT2D eigenvalue weighted by atomic mass is 10.1. The van der Waals surface area contributed by atoms with E-state index in [1.54, 1.807) is 37.4 Å². The Bertz CT molecular complexity index is 804. The van der Waals surface area contributed by atoms with Crippen molar-refractivity contribution in [3.63, 3.8) is 0 Å². The summed E-state index contributed by atoms with van der Waals surface area (Å²) >= 11 is 0. The van der Waals surface area contributed by atoms with E-state index in [-0.39, 0.29) is 36.3 Å². The van der Waals surface area contributed by atoms with Crippen molar-refractivity contribution in [2.75, 3.05) is 19.3 Å². The molecule has 1 heterocycles. The monoisotopic (exact) mass is 492 g/mol. The Morgan fingerprint density at radius 2 is 1.92 bits per heavy atom. The largest absolute Gasteiger partial charge is 0.359 e. The predicted octanol–water partition coefficient (Wildman–Crippen LogP) is 2.55. The van der Waals surface area contributed by atoms with Gasteiger partial charge in [0.05, 0.1) is 22.9 Å². The van der Waals surface area contributed by atoms with Crippen LogP contribution in [-0.2, 0) is 16.4 Å². The Hall–Kier alpha value is -1.62. The number of halogens is 1. The van der Waals surface area contributed by atoms with E-state index in [2.05, 4.69) is 20.8 Å². The molecule has 0 aliphatic rings. The summed E-state index contributed by atoms with van der Waals surface area (Å²) < 4.78 is 29.7. The van der Waals surface area contributed by atoms with Crippen LogP contribution in [0.1, 0.15) is 31.2 Å². The lowest BCUT2D eigenvalue weighted by Crippen LogP contribution is -2.39. The molecule has 0 saturated carbocycles. The molecule has 0 aliphatic carbocycles. The number of nitrogens with one attached hydrogen (secondary N) is 2. The zero-order valence-electron chi connectivity index (χ0n) is 15.1. The molecule has 1 aromatic carbocycles. The van der Waals surface area contributed by atoms with Gasteiger partial charge in [0.1, 0.15) is 0 Å². The highest BCUT2D eigenvalue weighted by molar-refractivity contribution is 14.0. The second-order valence-electron chi connectivity index (χ2n) is 5.86. The fraction of sp³-hybridized carbons (Fsp3) is 0.412. The van der Waals surface area contributed by atoms with Crippen molar-refractivity contribution in [2.45, 2.75) is 31.2 Å². The summed E-state index contributed by atoms with van der Waals surface area (Å²) in [5, 5.41) is 10.1. The molecular weight excluding hydrogens is 467 g/mol. The first-order valence-corrected chi connectivity index (χ1v) is 9.75. The molecule has 0 atom stereocenters. The van der Waals surface area contributed by atoms with Gasteiger partial charge in [0.15, 0.2) is 21.6 Å². The Morgan fingerprint density at radius 1 is 1.23 bits per heavy atom. The van der Waals surface area contributed by atoms with Crippen LogP contribution in [0.3, 0.4) is 0 Å². The molecule has 0 bridgehead atoms. The normalized spacial score (nSPS) is 11.9. The molecule has 0 unspecified atom stereocenters. The number of hydrogen-bond donors (Lipinski definition) is 2. The molecule has 2 N–H and O–H groups in total. The third kappa shape index (κ3) is 6.60. The van der Waals surface area contributed by atoms with Crippen molar-refractivity contribution >= 4 is 39.8 Å². The van der Waals surface area contributed by atoms with E-state index in [1.165, 1.54) is 0 Å². The number of aliphatic imine (C=N–C) groups is 1. The number of sulfone groups is 1. The molecule has 144 valence electrons. The molecule has 7 nitrogen and oxygen atoms in total. The molecule has 0 radical (unpaired) electrons. The lowest BCUT2D eigenvalue weighted by Gasteiger charge is -2.11. The van der Waals surface area contributed by atoms with Gasteiger partial charge in [-0.15, -0.1) is 24.0 Å². The standard InChI is InChI=1S/C17H24N4O3S.HI/c1-13(2)16-11-14(24-21-16)12-20-17(18-3)19-9-10-25(22,23)15-7-5-4-6-8-15;/h4-8,11,13H,9-10,12H2,1-3H3,(H2,18,19,20);1H. The number of hydrogen-bond acceptors (Lipinski definition) is 5. The number of guanidine groups is 1. The Morgan fingerprint density at radius 3 is 2.50 bits per heavy atom. The Balaban J connectivity index is 0.00000338. The van der Waals surface area contributed by atoms with Gasteiger partial charge in [0, 0.05) is 19.7 Å². The summed E-state index contributed by atoms with van der Waals surface area (Å²) in [6.45, 7) is 4.76. The minimum absolute atomic E-state index is 0. The molecule has 0 amide bonds. The maximum Gasteiger partial charge on any atom is 0.191 e. The fourth-order valence-corrected chi connectivity index (χ4v) is 3.30. The molecule has 0 saturated heterocycles. The van der Waals surface area contributed by atoms with E-state index in [0.29, 0.717) is 29.1 Å². The van der Waals surface area contributed by atoms with Gasteiger partial charge in [-0.1, -0.05) is 37.2 Å². The maximum absolute atomic E-state index is 12.2. The number of rotatable bonds is 7. The molecule has 0 aliphatic heterocycles. The summed E-state index contributed by atoms with van der Waals surface area (Å²) in [6, 6.07) is 10.3. The van der Waals surface area contributed by atoms with Gasteiger partial charge < -0.3 is 15.2 Å². The number of nitrogens with zero attached hydrogens (tertiary/aromatic N) is 2. The summed E-state index contributed by atoms with van der Waals surface area (Å²) in [6.07, 6.45) is 0.